The first-order chi connectivity index (χ1) is 16.1. The first kappa shape index (κ1) is 21.2. The second-order valence-corrected chi connectivity index (χ2v) is 8.45. The Morgan fingerprint density at radius 2 is 1.94 bits per heavy atom. The molecule has 0 bridgehead atoms. The van der Waals surface area contributed by atoms with Gasteiger partial charge in [-0.25, -0.2) is 4.98 Å². The first-order valence-corrected chi connectivity index (χ1v) is 11.2. The molecule has 0 atom stereocenters. The fourth-order valence-corrected chi connectivity index (χ4v) is 4.32. The highest BCUT2D eigenvalue weighted by molar-refractivity contribution is 6.03. The summed E-state index contributed by atoms with van der Waals surface area (Å²) in [4.78, 5) is 29.6. The Kier molecular flexibility index (Phi) is 6.07. The summed E-state index contributed by atoms with van der Waals surface area (Å²) in [5.74, 6) is 0.628. The Morgan fingerprint density at radius 3 is 2.73 bits per heavy atom. The van der Waals surface area contributed by atoms with Gasteiger partial charge in [-0.3, -0.25) is 9.69 Å². The van der Waals surface area contributed by atoms with Crippen molar-refractivity contribution >= 4 is 23.2 Å². The number of aromatic nitrogens is 4. The van der Waals surface area contributed by atoms with Crippen molar-refractivity contribution in [1.82, 2.24) is 24.4 Å². The zero-order chi connectivity index (χ0) is 22.6. The van der Waals surface area contributed by atoms with Crippen molar-refractivity contribution in [2.24, 2.45) is 0 Å². The van der Waals surface area contributed by atoms with Crippen LogP contribution in [0.25, 0.3) is 0 Å². The molecule has 0 saturated carbocycles. The van der Waals surface area contributed by atoms with Gasteiger partial charge in [0.05, 0.1) is 19.4 Å². The van der Waals surface area contributed by atoms with Gasteiger partial charge in [0.15, 0.2) is 11.6 Å². The average molecular weight is 449 g/mol. The molecule has 0 radical (unpaired) electrons. The maximum Gasteiger partial charge on any atom is 0.320 e. The van der Waals surface area contributed by atoms with Crippen LogP contribution in [0, 0.1) is 0 Å². The number of nitrogens with two attached hydrogens (primary N) is 1. The van der Waals surface area contributed by atoms with Gasteiger partial charge >= 0.3 is 6.01 Å². The van der Waals surface area contributed by atoms with E-state index in [1.807, 2.05) is 15.7 Å². The molecular formula is C23H28N8O2. The Bertz CT molecular complexity index is 1110. The van der Waals surface area contributed by atoms with Gasteiger partial charge in [0.25, 0.3) is 0 Å². The molecule has 2 aromatic heterocycles. The number of nitrogens with zero attached hydrogens (tertiary/aromatic N) is 6. The number of nitrogens with one attached hydrogen (secondary N) is 1. The first-order valence-electron chi connectivity index (χ1n) is 11.2. The molecule has 0 spiro atoms. The molecule has 1 amide bonds. The topological polar surface area (TPSA) is 114 Å². The summed E-state index contributed by atoms with van der Waals surface area (Å²) in [6.45, 7) is 4.99. The van der Waals surface area contributed by atoms with E-state index in [2.05, 4.69) is 49.4 Å². The lowest BCUT2D eigenvalue weighted by molar-refractivity contribution is -0.115. The zero-order valence-electron chi connectivity index (χ0n) is 18.5. The fourth-order valence-electron chi connectivity index (χ4n) is 4.32. The lowest BCUT2D eigenvalue weighted by Crippen LogP contribution is -2.39. The lowest BCUT2D eigenvalue weighted by atomic mass is 10.1. The molecule has 1 fully saturated rings. The third-order valence-corrected chi connectivity index (χ3v) is 5.91. The van der Waals surface area contributed by atoms with Crippen LogP contribution in [-0.4, -0.2) is 56.6 Å². The van der Waals surface area contributed by atoms with Crippen molar-refractivity contribution in [3.8, 4) is 6.01 Å². The van der Waals surface area contributed by atoms with E-state index in [4.69, 9.17) is 10.5 Å². The average Bonchev–Trinajstić information content (AvgIpc) is 3.49. The minimum absolute atomic E-state index is 0.139. The molecule has 0 aliphatic carbocycles. The van der Waals surface area contributed by atoms with E-state index >= 15 is 0 Å². The highest BCUT2D eigenvalue weighted by atomic mass is 16.5. The van der Waals surface area contributed by atoms with Gasteiger partial charge in [-0.05, 0) is 37.1 Å². The second-order valence-electron chi connectivity index (χ2n) is 8.45. The van der Waals surface area contributed by atoms with Gasteiger partial charge in [0.2, 0.25) is 5.91 Å². The Morgan fingerprint density at radius 1 is 1.12 bits per heavy atom. The van der Waals surface area contributed by atoms with Crippen molar-refractivity contribution in [2.75, 3.05) is 42.2 Å². The lowest BCUT2D eigenvalue weighted by Gasteiger charge is -2.30. The molecule has 5 rings (SSSR count). The molecule has 2 aliphatic heterocycles. The molecule has 0 unspecified atom stereocenters. The molecule has 3 aromatic rings. The van der Waals surface area contributed by atoms with Gasteiger partial charge in [-0.1, -0.05) is 24.3 Å². The number of carbonyl (C=O) groups excluding carboxylic acids is 1. The van der Waals surface area contributed by atoms with Gasteiger partial charge in [-0.15, -0.1) is 0 Å². The van der Waals surface area contributed by atoms with Crippen LogP contribution in [0.2, 0.25) is 0 Å². The Labute approximate surface area is 192 Å². The molecule has 10 nitrogen and oxygen atoms in total. The van der Waals surface area contributed by atoms with Crippen molar-refractivity contribution in [3.05, 3.63) is 54.1 Å². The number of nitrogen functional groups attached to an aromatic ring is 1. The van der Waals surface area contributed by atoms with E-state index in [0.29, 0.717) is 31.2 Å². The molecule has 3 N–H and O–H groups in total. The maximum absolute atomic E-state index is 12.4. The normalized spacial score (nSPS) is 16.0. The van der Waals surface area contributed by atoms with Crippen LogP contribution in [0.1, 0.15) is 24.0 Å². The van der Waals surface area contributed by atoms with Crippen molar-refractivity contribution in [1.29, 1.82) is 0 Å². The summed E-state index contributed by atoms with van der Waals surface area (Å²) in [5.41, 5.74) is 8.98. The van der Waals surface area contributed by atoms with Crippen molar-refractivity contribution in [3.63, 3.8) is 0 Å². The summed E-state index contributed by atoms with van der Waals surface area (Å²) < 4.78 is 7.66. The summed E-state index contributed by atoms with van der Waals surface area (Å²) in [5, 5.41) is 2.80. The number of imidazole rings is 1. The fraction of sp³-hybridized carbons (Fsp3) is 0.391. The standard InChI is InChI=1S/C23H28N8O2/c24-21-20-22(28-23(27-21)33-11-10-30-9-6-25-16-30)31(15-19(32)26-20)14-18-5-3-4-17(12-18)13-29-7-1-2-8-29/h3-6,9,12,16H,1-2,7-8,10-11,13-15H2,(H,26,32)(H2,24,27,28). The smallest absolute Gasteiger partial charge is 0.320 e. The minimum atomic E-state index is -0.139. The third-order valence-electron chi connectivity index (χ3n) is 5.91. The Balaban J connectivity index is 1.32. The van der Waals surface area contributed by atoms with Gasteiger partial charge in [-0.2, -0.15) is 9.97 Å². The van der Waals surface area contributed by atoms with Gasteiger partial charge in [0, 0.05) is 25.5 Å². The van der Waals surface area contributed by atoms with Crippen LogP contribution in [0.4, 0.5) is 17.3 Å². The number of hydrogen-bond acceptors (Lipinski definition) is 8. The number of rotatable bonds is 8. The number of carbonyl (C=O) groups is 1. The van der Waals surface area contributed by atoms with Crippen molar-refractivity contribution < 1.29 is 9.53 Å². The number of ether oxygens (including phenoxy) is 1. The largest absolute Gasteiger partial charge is 0.461 e. The van der Waals surface area contributed by atoms with E-state index in [1.165, 1.54) is 18.4 Å². The van der Waals surface area contributed by atoms with E-state index in [9.17, 15) is 4.79 Å². The van der Waals surface area contributed by atoms with Gasteiger partial charge in [0.1, 0.15) is 12.3 Å². The number of benzene rings is 1. The summed E-state index contributed by atoms with van der Waals surface area (Å²) in [6, 6.07) is 8.70. The molecule has 4 heterocycles. The van der Waals surface area contributed by atoms with E-state index in [1.54, 1.807) is 12.5 Å². The quantitative estimate of drug-likeness (QED) is 0.537. The molecule has 1 saturated heterocycles. The SMILES string of the molecule is Nc1nc(OCCn2ccnc2)nc2c1NC(=O)CN2Cc1cccc(CN2CCCC2)c1. The maximum atomic E-state index is 12.4. The molecule has 1 aromatic carbocycles. The van der Waals surface area contributed by atoms with Crippen LogP contribution >= 0.6 is 0 Å². The number of hydrogen-bond donors (Lipinski definition) is 2. The predicted molar refractivity (Wildman–Crippen MR) is 125 cm³/mol. The summed E-state index contributed by atoms with van der Waals surface area (Å²) in [7, 11) is 0. The highest BCUT2D eigenvalue weighted by Crippen LogP contribution is 2.34. The predicted octanol–water partition coefficient (Wildman–Crippen LogP) is 1.89. The summed E-state index contributed by atoms with van der Waals surface area (Å²) in [6.07, 6.45) is 7.84. The van der Waals surface area contributed by atoms with Crippen LogP contribution in [0.15, 0.2) is 43.0 Å². The van der Waals surface area contributed by atoms with Crippen LogP contribution in [0.3, 0.4) is 0 Å². The number of fused-ring (bicyclic) bond motifs is 1. The third kappa shape index (κ3) is 5.06. The number of anilines is 3. The van der Waals surface area contributed by atoms with E-state index < -0.39 is 0 Å². The van der Waals surface area contributed by atoms with Crippen LogP contribution < -0.4 is 20.7 Å². The number of likely N-dealkylation sites (tertiary alicyclic amines) is 1. The molecule has 10 heteroatoms. The molecule has 2 aliphatic rings. The molecule has 172 valence electrons. The number of amides is 1. The minimum Gasteiger partial charge on any atom is -0.461 e. The monoisotopic (exact) mass is 448 g/mol. The van der Waals surface area contributed by atoms with E-state index in [0.717, 1.165) is 25.2 Å². The summed E-state index contributed by atoms with van der Waals surface area (Å²) >= 11 is 0. The van der Waals surface area contributed by atoms with Crippen molar-refractivity contribution in [2.45, 2.75) is 32.5 Å². The molecular weight excluding hydrogens is 420 g/mol. The van der Waals surface area contributed by atoms with Crippen LogP contribution in [-0.2, 0) is 24.4 Å². The van der Waals surface area contributed by atoms with Crippen LogP contribution in [0.5, 0.6) is 6.01 Å². The zero-order valence-corrected chi connectivity index (χ0v) is 18.5. The second kappa shape index (κ2) is 9.45. The molecule has 33 heavy (non-hydrogen) atoms. The van der Waals surface area contributed by atoms with Gasteiger partial charge < -0.3 is 25.3 Å². The van der Waals surface area contributed by atoms with E-state index in [-0.39, 0.29) is 24.3 Å². The highest BCUT2D eigenvalue weighted by Gasteiger charge is 2.27. The Hall–Kier alpha value is -3.66.